The van der Waals surface area contributed by atoms with Crippen LogP contribution in [0.15, 0.2) is 53.9 Å². The van der Waals surface area contributed by atoms with Crippen molar-refractivity contribution in [2.24, 2.45) is 0 Å². The summed E-state index contributed by atoms with van der Waals surface area (Å²) in [5.74, 6) is -0.208. The van der Waals surface area contributed by atoms with Gasteiger partial charge in [0, 0.05) is 23.0 Å². The number of hydrogen-bond acceptors (Lipinski definition) is 3. The van der Waals surface area contributed by atoms with Gasteiger partial charge in [0.2, 0.25) is 5.91 Å². The van der Waals surface area contributed by atoms with E-state index in [2.05, 4.69) is 56.5 Å². The molecule has 188 valence electrons. The van der Waals surface area contributed by atoms with Gasteiger partial charge in [0.15, 0.2) is 0 Å². The van der Waals surface area contributed by atoms with E-state index in [-0.39, 0.29) is 35.9 Å². The van der Waals surface area contributed by atoms with Crippen molar-refractivity contribution in [1.29, 1.82) is 0 Å². The zero-order chi connectivity index (χ0) is 25.6. The number of benzene rings is 2. The Hall–Kier alpha value is -2.34. The highest BCUT2D eigenvalue weighted by molar-refractivity contribution is 7.10. The number of fused-ring (bicyclic) bond motifs is 1. The molecule has 7 heteroatoms. The van der Waals surface area contributed by atoms with Crippen molar-refractivity contribution >= 4 is 46.4 Å². The second-order valence-electron chi connectivity index (χ2n) is 10.7. The van der Waals surface area contributed by atoms with Crippen molar-refractivity contribution in [2.45, 2.75) is 57.5 Å². The predicted octanol–water partition coefficient (Wildman–Crippen LogP) is 7.13. The highest BCUT2D eigenvalue weighted by Crippen LogP contribution is 2.39. The van der Waals surface area contributed by atoms with Crippen molar-refractivity contribution in [2.75, 3.05) is 13.1 Å². The van der Waals surface area contributed by atoms with Crippen molar-refractivity contribution in [3.63, 3.8) is 0 Å². The highest BCUT2D eigenvalue weighted by Gasteiger charge is 2.38. The van der Waals surface area contributed by atoms with Gasteiger partial charge in [0.25, 0.3) is 5.91 Å². The molecule has 5 rings (SSSR count). The van der Waals surface area contributed by atoms with Gasteiger partial charge in [0.1, 0.15) is 6.54 Å². The summed E-state index contributed by atoms with van der Waals surface area (Å²) < 4.78 is 0. The fourth-order valence-corrected chi connectivity index (χ4v) is 6.10. The van der Waals surface area contributed by atoms with E-state index in [1.54, 1.807) is 34.4 Å². The molecule has 0 N–H and O–H groups in total. The number of amides is 2. The van der Waals surface area contributed by atoms with Gasteiger partial charge in [-0.05, 0) is 71.0 Å². The summed E-state index contributed by atoms with van der Waals surface area (Å²) in [6, 6.07) is 15.6. The molecule has 2 amide bonds. The van der Waals surface area contributed by atoms with E-state index >= 15 is 0 Å². The van der Waals surface area contributed by atoms with Crippen LogP contribution in [0.5, 0.6) is 0 Å². The number of rotatable bonds is 5. The topological polar surface area (TPSA) is 40.6 Å². The van der Waals surface area contributed by atoms with Crippen LogP contribution in [-0.2, 0) is 16.6 Å². The molecule has 1 fully saturated rings. The SMILES string of the molecule is CC(C)(C)c1ccc(C2c3ccsc3CCN2C(=O)CN(C(=O)c2ccc(Cl)c(Cl)c2)C2CC2)cc1. The van der Waals surface area contributed by atoms with E-state index in [1.165, 1.54) is 16.0 Å². The monoisotopic (exact) mass is 540 g/mol. The molecule has 1 unspecified atom stereocenters. The third kappa shape index (κ3) is 5.06. The summed E-state index contributed by atoms with van der Waals surface area (Å²) in [5, 5.41) is 2.85. The summed E-state index contributed by atoms with van der Waals surface area (Å²) in [5.41, 5.74) is 4.07. The van der Waals surface area contributed by atoms with Crippen LogP contribution in [0, 0.1) is 0 Å². The van der Waals surface area contributed by atoms with E-state index in [9.17, 15) is 9.59 Å². The maximum Gasteiger partial charge on any atom is 0.254 e. The number of nitrogens with zero attached hydrogens (tertiary/aromatic N) is 2. The average molecular weight is 542 g/mol. The number of hydrogen-bond donors (Lipinski definition) is 0. The minimum absolute atomic E-state index is 0.0305. The molecule has 1 aliphatic carbocycles. The second-order valence-corrected chi connectivity index (χ2v) is 12.5. The quantitative estimate of drug-likeness (QED) is 0.345. The fraction of sp³-hybridized carbons (Fsp3) is 0.379. The Morgan fingerprint density at radius 1 is 1.03 bits per heavy atom. The predicted molar refractivity (Wildman–Crippen MR) is 147 cm³/mol. The Kier molecular flexibility index (Phi) is 6.92. The Balaban J connectivity index is 1.42. The summed E-state index contributed by atoms with van der Waals surface area (Å²) in [6.45, 7) is 7.30. The molecule has 0 bridgehead atoms. The molecule has 1 aromatic heterocycles. The third-order valence-electron chi connectivity index (χ3n) is 7.10. The van der Waals surface area contributed by atoms with Crippen molar-refractivity contribution in [3.05, 3.63) is 91.1 Å². The Bertz CT molecular complexity index is 1290. The molecule has 1 atom stereocenters. The minimum atomic E-state index is -0.177. The maximum atomic E-state index is 13.8. The van der Waals surface area contributed by atoms with Crippen LogP contribution in [0.2, 0.25) is 10.0 Å². The zero-order valence-corrected chi connectivity index (χ0v) is 23.1. The highest BCUT2D eigenvalue weighted by atomic mass is 35.5. The van der Waals surface area contributed by atoms with Gasteiger partial charge in [-0.25, -0.2) is 0 Å². The zero-order valence-electron chi connectivity index (χ0n) is 20.8. The lowest BCUT2D eigenvalue weighted by molar-refractivity contribution is -0.134. The fourth-order valence-electron chi connectivity index (χ4n) is 4.89. The number of carbonyl (C=O) groups is 2. The molecule has 4 nitrogen and oxygen atoms in total. The lowest BCUT2D eigenvalue weighted by Crippen LogP contribution is -2.47. The van der Waals surface area contributed by atoms with Crippen LogP contribution in [0.25, 0.3) is 0 Å². The minimum Gasteiger partial charge on any atom is -0.330 e. The first-order valence-electron chi connectivity index (χ1n) is 12.4. The van der Waals surface area contributed by atoms with Crippen molar-refractivity contribution < 1.29 is 9.59 Å². The Morgan fingerprint density at radius 3 is 2.39 bits per heavy atom. The Morgan fingerprint density at radius 2 is 1.75 bits per heavy atom. The third-order valence-corrected chi connectivity index (χ3v) is 8.83. The van der Waals surface area contributed by atoms with Gasteiger partial charge in [-0.3, -0.25) is 9.59 Å². The first kappa shape index (κ1) is 25.3. The summed E-state index contributed by atoms with van der Waals surface area (Å²) >= 11 is 14.0. The molecule has 0 saturated heterocycles. The molecular formula is C29H30Cl2N2O2S. The molecule has 36 heavy (non-hydrogen) atoms. The second kappa shape index (κ2) is 9.85. The van der Waals surface area contributed by atoms with Gasteiger partial charge < -0.3 is 9.80 Å². The molecule has 0 spiro atoms. The molecule has 2 aliphatic rings. The van der Waals surface area contributed by atoms with E-state index in [1.807, 2.05) is 4.90 Å². The molecule has 2 aromatic carbocycles. The van der Waals surface area contributed by atoms with Crippen LogP contribution < -0.4 is 0 Å². The van der Waals surface area contributed by atoms with E-state index in [0.717, 1.165) is 24.8 Å². The van der Waals surface area contributed by atoms with Crippen LogP contribution in [-0.4, -0.2) is 40.7 Å². The van der Waals surface area contributed by atoms with Crippen LogP contribution >= 0.6 is 34.5 Å². The van der Waals surface area contributed by atoms with Crippen LogP contribution in [0.1, 0.15) is 71.6 Å². The lowest BCUT2D eigenvalue weighted by atomic mass is 9.85. The van der Waals surface area contributed by atoms with Gasteiger partial charge in [-0.1, -0.05) is 68.2 Å². The molecule has 1 aliphatic heterocycles. The van der Waals surface area contributed by atoms with Crippen molar-refractivity contribution in [3.8, 4) is 0 Å². The Labute approximate surface area is 226 Å². The van der Waals surface area contributed by atoms with Crippen molar-refractivity contribution in [1.82, 2.24) is 9.80 Å². The standard InChI is InChI=1S/C29H30Cl2N2O2S/c1-29(2,3)20-7-4-18(5-8-20)27-22-13-15-36-25(22)12-14-32(27)26(34)17-33(21-9-10-21)28(35)19-6-11-23(30)24(31)16-19/h4-8,11,13,15-16,21,27H,9-10,12,14,17H2,1-3H3. The van der Waals surface area contributed by atoms with Gasteiger partial charge >= 0.3 is 0 Å². The number of carbonyl (C=O) groups excluding carboxylic acids is 2. The number of halogens is 2. The average Bonchev–Trinajstić information content (AvgIpc) is 3.58. The summed E-state index contributed by atoms with van der Waals surface area (Å²) in [4.78, 5) is 32.2. The molecule has 1 saturated carbocycles. The first-order valence-corrected chi connectivity index (χ1v) is 14.0. The summed E-state index contributed by atoms with van der Waals surface area (Å²) in [6.07, 6.45) is 2.65. The normalized spacial score (nSPS) is 17.6. The maximum absolute atomic E-state index is 13.8. The van der Waals surface area contributed by atoms with Gasteiger partial charge in [-0.2, -0.15) is 0 Å². The molecule has 2 heterocycles. The molecule has 3 aromatic rings. The van der Waals surface area contributed by atoms with E-state index in [0.29, 0.717) is 22.2 Å². The van der Waals surface area contributed by atoms with Gasteiger partial charge in [-0.15, -0.1) is 11.3 Å². The van der Waals surface area contributed by atoms with E-state index in [4.69, 9.17) is 23.2 Å². The molecule has 0 radical (unpaired) electrons. The smallest absolute Gasteiger partial charge is 0.254 e. The first-order chi connectivity index (χ1) is 17.1. The number of thiophene rings is 1. The van der Waals surface area contributed by atoms with Gasteiger partial charge in [0.05, 0.1) is 16.1 Å². The largest absolute Gasteiger partial charge is 0.330 e. The summed E-state index contributed by atoms with van der Waals surface area (Å²) in [7, 11) is 0. The van der Waals surface area contributed by atoms with Crippen LogP contribution in [0.3, 0.4) is 0 Å². The van der Waals surface area contributed by atoms with Crippen LogP contribution in [0.4, 0.5) is 0 Å². The lowest BCUT2D eigenvalue weighted by Gasteiger charge is -2.38. The molecular weight excluding hydrogens is 511 g/mol. The van der Waals surface area contributed by atoms with E-state index < -0.39 is 0 Å².